The van der Waals surface area contributed by atoms with Crippen LogP contribution >= 0.6 is 0 Å². The second kappa shape index (κ2) is 42.3. The quantitative estimate of drug-likeness (QED) is 0.0178. The normalized spacial score (nSPS) is 13.4. The minimum Gasteiger partial charge on any atom is -0.870 e. The van der Waals surface area contributed by atoms with Crippen molar-refractivity contribution in [3.63, 3.8) is 0 Å². The Labute approximate surface area is 604 Å². The first-order valence-corrected chi connectivity index (χ1v) is 37.2. The molecule has 28 heteroatoms. The topological polar surface area (TPSA) is 401 Å². The van der Waals surface area contributed by atoms with E-state index < -0.39 is 57.5 Å². The van der Waals surface area contributed by atoms with E-state index in [2.05, 4.69) is 32.3 Å². The van der Waals surface area contributed by atoms with Crippen molar-refractivity contribution in [3.8, 4) is 23.0 Å². The van der Waals surface area contributed by atoms with Crippen molar-refractivity contribution in [3.05, 3.63) is 123 Å². The van der Waals surface area contributed by atoms with Crippen LogP contribution in [0.5, 0.6) is 23.0 Å². The number of amidine groups is 2. The molecular formula is C70H104N9NaO15S3. The van der Waals surface area contributed by atoms with Gasteiger partial charge in [0.05, 0.1) is 76.4 Å². The molecule has 0 fully saturated rings. The fourth-order valence-corrected chi connectivity index (χ4v) is 11.9. The number of nitrogen functional groups attached to an aromatic ring is 1. The third-order valence-corrected chi connectivity index (χ3v) is 18.3. The molecule has 0 radical (unpaired) electrons. The van der Waals surface area contributed by atoms with Gasteiger partial charge < -0.3 is 47.4 Å². The number of primary sulfonamides is 1. The van der Waals surface area contributed by atoms with Crippen LogP contribution in [-0.4, -0.2) is 98.5 Å². The Kier molecular flexibility index (Phi) is 39.4. The van der Waals surface area contributed by atoms with Gasteiger partial charge in [-0.1, -0.05) is 103 Å². The fourth-order valence-electron chi connectivity index (χ4n) is 9.04. The molecule has 2 aliphatic heterocycles. The van der Waals surface area contributed by atoms with E-state index in [-0.39, 0.29) is 119 Å². The summed E-state index contributed by atoms with van der Waals surface area (Å²) in [7, 11) is -10.9. The van der Waals surface area contributed by atoms with Crippen molar-refractivity contribution in [1.29, 1.82) is 0 Å². The second-order valence-corrected chi connectivity index (χ2v) is 30.9. The van der Waals surface area contributed by atoms with Gasteiger partial charge in [0.25, 0.3) is 20.0 Å². The molecule has 2 heterocycles. The molecule has 11 N–H and O–H groups in total. The molecule has 4 aromatic rings. The maximum absolute atomic E-state index is 12.3. The zero-order valence-electron chi connectivity index (χ0n) is 59.8. The molecule has 0 aromatic heterocycles. The number of nitrogens with zero attached hydrogens (tertiary/aromatic N) is 4. The number of carbonyl (C=O) groups is 4. The standard InChI is InChI=1S/3C17H24N2O4S.C16H22N2O2.C3H9N.Na.H2O/c2*1-4-5-9-14(20)17(2,3)11-23-13-8-6-7-12-10-24(21,22)19-16(18)15(12)13;1-5-6-10-15(20)17(2,3)12-23-14-9-7-8-13(16(14)19-4)11-24(18,21)22;1-5-6-10-14(19)16(2,3)11-20-13-9-7-8-12(17)15(13)18-4;1-2-3-4;;/h2*6-8H,4-5,9-11H2,1-3H3,(H2,18,19);7-9H,5-6,10-12H2,1-3H3,(H2,18,21,22);7-9H,5-6,10-11,17H2,1-3H3;2-4H2,1H3;;1H2/q;;;;;+1;/p-1. The Bertz CT molecular complexity index is 3670. The van der Waals surface area contributed by atoms with Crippen LogP contribution in [0.15, 0.2) is 81.6 Å². The van der Waals surface area contributed by atoms with Crippen LogP contribution < -0.4 is 76.6 Å². The molecule has 0 saturated carbocycles. The molecule has 0 saturated heterocycles. The summed E-state index contributed by atoms with van der Waals surface area (Å²) < 4.78 is 99.4. The summed E-state index contributed by atoms with van der Waals surface area (Å²) in [4.78, 5) is 55.6. The molecule has 2 aliphatic rings. The van der Waals surface area contributed by atoms with Crippen molar-refractivity contribution in [1.82, 2.24) is 0 Å². The molecule has 0 unspecified atom stereocenters. The molecule has 0 bridgehead atoms. The first-order chi connectivity index (χ1) is 44.8. The van der Waals surface area contributed by atoms with E-state index in [1.165, 1.54) is 6.07 Å². The van der Waals surface area contributed by atoms with Gasteiger partial charge in [-0.15, -0.1) is 8.80 Å². The minimum absolute atomic E-state index is 0. The van der Waals surface area contributed by atoms with Crippen LogP contribution in [0.2, 0.25) is 0 Å². The summed E-state index contributed by atoms with van der Waals surface area (Å²) in [6.45, 7) is 41.0. The molecule has 0 amide bonds. The van der Waals surface area contributed by atoms with E-state index in [4.69, 9.17) is 60.2 Å². The van der Waals surface area contributed by atoms with Crippen molar-refractivity contribution in [2.75, 3.05) is 38.7 Å². The number of anilines is 1. The number of ether oxygens (including phenoxy) is 4. The van der Waals surface area contributed by atoms with Crippen LogP contribution in [0.4, 0.5) is 17.1 Å². The van der Waals surface area contributed by atoms with Gasteiger partial charge in [-0.2, -0.15) is 0 Å². The fraction of sp³-hybridized carbons (Fsp3) is 0.543. The van der Waals surface area contributed by atoms with Crippen LogP contribution in [-0.2, 0) is 66.5 Å². The molecule has 0 spiro atoms. The minimum atomic E-state index is -3.75. The summed E-state index contributed by atoms with van der Waals surface area (Å²) in [5, 5.41) is 5.05. The number of Topliss-reactive ketones (excluding diaryl/α,β-unsaturated/α-hetero) is 4. The van der Waals surface area contributed by atoms with Crippen molar-refractivity contribution < 1.29 is 98.4 Å². The van der Waals surface area contributed by atoms with Gasteiger partial charge >= 0.3 is 29.6 Å². The molecule has 538 valence electrons. The van der Waals surface area contributed by atoms with Gasteiger partial charge in [0, 0.05) is 31.4 Å². The smallest absolute Gasteiger partial charge is 0.870 e. The summed E-state index contributed by atoms with van der Waals surface area (Å²) in [5.74, 6) is 1.26. The van der Waals surface area contributed by atoms with E-state index >= 15 is 0 Å². The zero-order valence-corrected chi connectivity index (χ0v) is 64.3. The van der Waals surface area contributed by atoms with Crippen LogP contribution in [0.3, 0.4) is 0 Å². The molecule has 24 nitrogen and oxygen atoms in total. The third kappa shape index (κ3) is 30.4. The Balaban J connectivity index is 0.00000125. The number of rotatable bonds is 31. The van der Waals surface area contributed by atoms with E-state index in [9.17, 15) is 44.4 Å². The number of benzene rings is 4. The first-order valence-electron chi connectivity index (χ1n) is 32.3. The SMILES string of the molecule is CCCCC(=O)C(C)(C)COc1cccc2c1C(N)=NS(=O)(=O)C2.CCCCC(=O)C(C)(C)COc1cccc2c1C(N)=NS(=O)(=O)C2.CCCN.[C-]#[N+]c1c(CS(N)(=O)=O)cccc1OCC(C)(C)C(=O)CCCC.[C-]#[N+]c1c(N)cccc1OCC(C)(C)C(=O)CCCC.[Na+].[OH-]. The number of hydrogen-bond donors (Lipinski definition) is 5. The maximum Gasteiger partial charge on any atom is 1.00 e. The maximum atomic E-state index is 12.3. The zero-order chi connectivity index (χ0) is 72.9. The summed E-state index contributed by atoms with van der Waals surface area (Å²) in [6, 6.07) is 20.1. The van der Waals surface area contributed by atoms with Gasteiger partial charge in [-0.05, 0) is 141 Å². The van der Waals surface area contributed by atoms with Crippen molar-refractivity contribution in [2.45, 2.75) is 191 Å². The molecular weight excluding hydrogens is 1330 g/mol. The molecule has 6 rings (SSSR count). The Morgan fingerprint density at radius 3 is 1.08 bits per heavy atom. The van der Waals surface area contributed by atoms with E-state index in [0.29, 0.717) is 82.1 Å². The molecule has 98 heavy (non-hydrogen) atoms. The van der Waals surface area contributed by atoms with E-state index in [1.54, 1.807) is 80.6 Å². The average molecular weight is 1430 g/mol. The van der Waals surface area contributed by atoms with Crippen molar-refractivity contribution >= 4 is 81.9 Å². The number of carbonyl (C=O) groups excluding carboxylic acids is 4. The number of ketones is 4. The number of nitrogens with two attached hydrogens (primary N) is 5. The summed E-state index contributed by atoms with van der Waals surface area (Å²) in [5.41, 5.74) is 23.2. The van der Waals surface area contributed by atoms with Gasteiger partial charge in [0.1, 0.15) is 71.0 Å². The summed E-state index contributed by atoms with van der Waals surface area (Å²) in [6.07, 6.45) is 10.6. The Morgan fingerprint density at radius 1 is 0.500 bits per heavy atom. The molecule has 0 aliphatic carbocycles. The number of para-hydroxylation sites is 2. The van der Waals surface area contributed by atoms with E-state index in [0.717, 1.165) is 64.3 Å². The Morgan fingerprint density at radius 2 is 0.786 bits per heavy atom. The average Bonchev–Trinajstić information content (AvgIpc) is 0.786. The Hall–Kier alpha value is -6.79. The monoisotopic (exact) mass is 1430 g/mol. The predicted octanol–water partition coefficient (Wildman–Crippen LogP) is 9.16. The van der Waals surface area contributed by atoms with Crippen LogP contribution in [0.25, 0.3) is 9.69 Å². The third-order valence-electron chi connectivity index (χ3n) is 15.3. The van der Waals surface area contributed by atoms with Gasteiger partial charge in [-0.3, -0.25) is 19.2 Å². The predicted molar refractivity (Wildman–Crippen MR) is 383 cm³/mol. The number of hydrogen-bond acceptors (Lipinski definition) is 19. The van der Waals surface area contributed by atoms with Gasteiger partial charge in [-0.25, -0.2) is 40.1 Å². The number of unbranched alkanes of at least 4 members (excludes halogenated alkanes) is 4. The van der Waals surface area contributed by atoms with Crippen LogP contribution in [0.1, 0.15) is 201 Å². The summed E-state index contributed by atoms with van der Waals surface area (Å²) >= 11 is 0. The van der Waals surface area contributed by atoms with Gasteiger partial charge in [0.2, 0.25) is 21.4 Å². The first kappa shape index (κ1) is 91.2. The number of sulfonamides is 3. The molecule has 0 atom stereocenters. The molecule has 4 aromatic carbocycles. The van der Waals surface area contributed by atoms with Crippen LogP contribution in [0, 0.1) is 34.8 Å². The number of fused-ring (bicyclic) bond motifs is 2. The van der Waals surface area contributed by atoms with Crippen molar-refractivity contribution in [2.24, 2.45) is 52.8 Å². The van der Waals surface area contributed by atoms with E-state index in [1.807, 2.05) is 62.3 Å². The largest absolute Gasteiger partial charge is 1.00 e. The second-order valence-electron chi connectivity index (χ2n) is 26.1. The van der Waals surface area contributed by atoms with Gasteiger partial charge in [0.15, 0.2) is 0 Å².